The topological polar surface area (TPSA) is 88.7 Å². The van der Waals surface area contributed by atoms with Crippen molar-refractivity contribution < 1.29 is 14.2 Å². The van der Waals surface area contributed by atoms with Gasteiger partial charge in [0.25, 0.3) is 5.56 Å². The molecule has 188 valence electrons. The third-order valence-electron chi connectivity index (χ3n) is 5.99. The van der Waals surface area contributed by atoms with Gasteiger partial charge in [0.05, 0.1) is 53.9 Å². The van der Waals surface area contributed by atoms with Crippen LogP contribution < -0.4 is 20.3 Å². The van der Waals surface area contributed by atoms with Crippen molar-refractivity contribution in [1.82, 2.24) is 14.9 Å². The monoisotopic (exact) mass is 520 g/mol. The van der Waals surface area contributed by atoms with Gasteiger partial charge in [-0.2, -0.15) is 0 Å². The third kappa shape index (κ3) is 6.58. The average molecular weight is 521 g/mol. The van der Waals surface area contributed by atoms with Crippen molar-refractivity contribution in [1.29, 1.82) is 0 Å². The number of unbranched alkanes of at least 4 members (excludes halogenated alkanes) is 3. The molecule has 1 aliphatic rings. The molecule has 0 amide bonds. The van der Waals surface area contributed by atoms with Crippen molar-refractivity contribution >= 4 is 45.5 Å². The summed E-state index contributed by atoms with van der Waals surface area (Å²) in [4.78, 5) is 21.8. The zero-order valence-corrected chi connectivity index (χ0v) is 21.3. The molecule has 1 aliphatic heterocycles. The van der Waals surface area contributed by atoms with Crippen molar-refractivity contribution in [3.05, 3.63) is 51.0 Å². The lowest BCUT2D eigenvalue weighted by Crippen LogP contribution is -2.36. The van der Waals surface area contributed by atoms with Gasteiger partial charge in [-0.05, 0) is 31.5 Å². The number of anilines is 2. The maximum atomic E-state index is 12.5. The Kier molecular flexibility index (Phi) is 9.09. The molecule has 4 rings (SSSR count). The smallest absolute Gasteiger partial charge is 0.250 e. The zero-order chi connectivity index (χ0) is 24.6. The first-order valence-electron chi connectivity index (χ1n) is 11.8. The van der Waals surface area contributed by atoms with Crippen LogP contribution in [0.3, 0.4) is 0 Å². The number of aromatic amines is 1. The van der Waals surface area contributed by atoms with Gasteiger partial charge in [0.2, 0.25) is 0 Å². The molecule has 0 aliphatic carbocycles. The number of morpholine rings is 1. The normalized spacial score (nSPS) is 14.3. The lowest BCUT2D eigenvalue weighted by Gasteiger charge is -2.26. The summed E-state index contributed by atoms with van der Waals surface area (Å²) in [5.41, 5.74) is 1.29. The molecule has 3 aromatic rings. The van der Waals surface area contributed by atoms with E-state index < -0.39 is 0 Å². The van der Waals surface area contributed by atoms with Crippen LogP contribution in [0.5, 0.6) is 11.5 Å². The molecule has 35 heavy (non-hydrogen) atoms. The number of H-pyrrole nitrogens is 1. The van der Waals surface area contributed by atoms with Gasteiger partial charge in [-0.15, -0.1) is 0 Å². The van der Waals surface area contributed by atoms with Gasteiger partial charge < -0.3 is 24.5 Å². The van der Waals surface area contributed by atoms with Crippen LogP contribution in [0.1, 0.15) is 25.7 Å². The molecule has 10 heteroatoms. The second-order valence-electron chi connectivity index (χ2n) is 8.39. The van der Waals surface area contributed by atoms with Crippen molar-refractivity contribution in [2.24, 2.45) is 0 Å². The van der Waals surface area contributed by atoms with E-state index in [9.17, 15) is 4.79 Å². The van der Waals surface area contributed by atoms with Gasteiger partial charge in [-0.3, -0.25) is 14.7 Å². The number of fused-ring (bicyclic) bond motifs is 1. The molecular formula is C25H30Cl2N4O4. The van der Waals surface area contributed by atoms with Crippen LogP contribution in [0.15, 0.2) is 35.4 Å². The molecule has 0 radical (unpaired) electrons. The van der Waals surface area contributed by atoms with Crippen molar-refractivity contribution in [3.8, 4) is 11.5 Å². The van der Waals surface area contributed by atoms with E-state index in [2.05, 4.69) is 20.2 Å². The van der Waals surface area contributed by atoms with Crippen molar-refractivity contribution in [2.45, 2.75) is 25.7 Å². The maximum absolute atomic E-state index is 12.5. The molecule has 1 aromatic carbocycles. The number of halogens is 2. The van der Waals surface area contributed by atoms with E-state index in [1.807, 2.05) is 12.1 Å². The molecule has 2 N–H and O–H groups in total. The molecule has 8 nitrogen and oxygen atoms in total. The standard InChI is InChI=1S/C25H30Cl2N4O4/c1-33-21-7-6-17-20(29-24-18(26)15-28-16-19(24)27)14-22(32)30-23(17)25(21)35-11-5-3-2-4-8-31-9-12-34-13-10-31/h6-7,14-16H,2-5,8-13H2,1H3,(H2,28,29,30,32). The number of aromatic nitrogens is 2. The first-order valence-corrected chi connectivity index (χ1v) is 12.6. The molecule has 0 atom stereocenters. The molecule has 1 fully saturated rings. The van der Waals surface area contributed by atoms with E-state index in [0.717, 1.165) is 57.5 Å². The van der Waals surface area contributed by atoms with Gasteiger partial charge in [-0.25, -0.2) is 0 Å². The lowest BCUT2D eigenvalue weighted by molar-refractivity contribution is 0.0371. The SMILES string of the molecule is COc1ccc2c(Nc3c(Cl)cncc3Cl)cc(=O)[nH]c2c1OCCCCCCN1CCOCC1. The first kappa shape index (κ1) is 25.6. The van der Waals surface area contributed by atoms with Crippen LogP contribution in [0.2, 0.25) is 10.0 Å². The Hall–Kier alpha value is -2.52. The predicted octanol–water partition coefficient (Wildman–Crippen LogP) is 5.25. The molecule has 1 saturated heterocycles. The van der Waals surface area contributed by atoms with Crippen LogP contribution in [0.25, 0.3) is 10.9 Å². The number of ether oxygens (including phenoxy) is 3. The van der Waals surface area contributed by atoms with Gasteiger partial charge >= 0.3 is 0 Å². The number of hydrogen-bond acceptors (Lipinski definition) is 7. The van der Waals surface area contributed by atoms with Crippen LogP contribution >= 0.6 is 23.2 Å². The van der Waals surface area contributed by atoms with Crippen molar-refractivity contribution in [2.75, 3.05) is 51.9 Å². The number of pyridine rings is 2. The fourth-order valence-electron chi connectivity index (χ4n) is 4.14. The third-order valence-corrected chi connectivity index (χ3v) is 6.56. The minimum absolute atomic E-state index is 0.289. The average Bonchev–Trinajstić information content (AvgIpc) is 2.86. The Balaban J connectivity index is 1.44. The quantitative estimate of drug-likeness (QED) is 0.333. The summed E-state index contributed by atoms with van der Waals surface area (Å²) in [6.07, 6.45) is 7.27. The summed E-state index contributed by atoms with van der Waals surface area (Å²) in [7, 11) is 1.58. The minimum Gasteiger partial charge on any atom is -0.493 e. The number of nitrogens with one attached hydrogen (secondary N) is 2. The molecule has 0 spiro atoms. The Labute approximate surface area is 214 Å². The summed E-state index contributed by atoms with van der Waals surface area (Å²) in [5.74, 6) is 1.06. The summed E-state index contributed by atoms with van der Waals surface area (Å²) in [6.45, 7) is 5.36. The second-order valence-corrected chi connectivity index (χ2v) is 9.20. The Bertz CT molecular complexity index is 1180. The second kappa shape index (κ2) is 12.4. The number of hydrogen-bond donors (Lipinski definition) is 2. The van der Waals surface area contributed by atoms with Crippen LogP contribution in [0.4, 0.5) is 11.4 Å². The van der Waals surface area contributed by atoms with E-state index >= 15 is 0 Å². The van der Waals surface area contributed by atoms with Gasteiger partial charge in [0.1, 0.15) is 0 Å². The highest BCUT2D eigenvalue weighted by Crippen LogP contribution is 2.39. The van der Waals surface area contributed by atoms with Crippen molar-refractivity contribution in [3.63, 3.8) is 0 Å². The zero-order valence-electron chi connectivity index (χ0n) is 19.7. The highest BCUT2D eigenvalue weighted by Gasteiger charge is 2.16. The fraction of sp³-hybridized carbons (Fsp3) is 0.440. The van der Waals surface area contributed by atoms with E-state index in [1.165, 1.54) is 24.9 Å². The fourth-order valence-corrected chi connectivity index (χ4v) is 4.60. The summed E-state index contributed by atoms with van der Waals surface area (Å²) in [5, 5.41) is 4.62. The number of rotatable bonds is 11. The summed E-state index contributed by atoms with van der Waals surface area (Å²) in [6, 6.07) is 5.13. The number of benzene rings is 1. The van der Waals surface area contributed by atoms with Crippen LogP contribution in [-0.4, -0.2) is 61.4 Å². The van der Waals surface area contributed by atoms with Gasteiger partial charge in [-0.1, -0.05) is 36.0 Å². The van der Waals surface area contributed by atoms with E-state index in [0.29, 0.717) is 45.0 Å². The lowest BCUT2D eigenvalue weighted by atomic mass is 10.1. The molecule has 2 aromatic heterocycles. The molecule has 0 saturated carbocycles. The van der Waals surface area contributed by atoms with Crippen LogP contribution in [-0.2, 0) is 4.74 Å². The Morgan fingerprint density at radius 2 is 1.86 bits per heavy atom. The number of methoxy groups -OCH3 is 1. The van der Waals surface area contributed by atoms with Gasteiger partial charge in [0.15, 0.2) is 11.5 Å². The molecule has 3 heterocycles. The maximum Gasteiger partial charge on any atom is 0.250 e. The number of nitrogens with zero attached hydrogens (tertiary/aromatic N) is 2. The summed E-state index contributed by atoms with van der Waals surface area (Å²) >= 11 is 12.5. The highest BCUT2D eigenvalue weighted by atomic mass is 35.5. The Morgan fingerprint density at radius 1 is 1.11 bits per heavy atom. The van der Waals surface area contributed by atoms with Gasteiger partial charge in [0, 0.05) is 36.9 Å². The highest BCUT2D eigenvalue weighted by molar-refractivity contribution is 6.39. The molecular weight excluding hydrogens is 491 g/mol. The summed E-state index contributed by atoms with van der Waals surface area (Å²) < 4.78 is 17.0. The van der Waals surface area contributed by atoms with E-state index in [1.54, 1.807) is 7.11 Å². The molecule has 0 unspecified atom stereocenters. The van der Waals surface area contributed by atoms with E-state index in [-0.39, 0.29) is 5.56 Å². The van der Waals surface area contributed by atoms with E-state index in [4.69, 9.17) is 37.4 Å². The largest absolute Gasteiger partial charge is 0.493 e. The Morgan fingerprint density at radius 3 is 2.60 bits per heavy atom. The van der Waals surface area contributed by atoms with Crippen LogP contribution in [0, 0.1) is 0 Å². The molecule has 0 bridgehead atoms. The first-order chi connectivity index (χ1) is 17.1. The minimum atomic E-state index is -0.289. The predicted molar refractivity (Wildman–Crippen MR) is 140 cm³/mol.